The molecule has 0 saturated heterocycles. The van der Waals surface area contributed by atoms with Gasteiger partial charge >= 0.3 is 0 Å². The Kier molecular flexibility index (Phi) is 4.92. The van der Waals surface area contributed by atoms with Crippen molar-refractivity contribution in [3.63, 3.8) is 0 Å². The van der Waals surface area contributed by atoms with Crippen LogP contribution in [-0.2, 0) is 0 Å². The maximum Gasteiger partial charge on any atom is 0.123 e. The number of aromatic hydroxyl groups is 1. The molecule has 0 bridgehead atoms. The first kappa shape index (κ1) is 16.3. The topological polar surface area (TPSA) is 32.6 Å². The standard InChI is InChI=1S/C18H29NOSi/c1-13-8-6-10-16(14(13)2)19-12-15-9-7-11-17(18(15)20)21(3,4)5/h7,9,11-14,16,20H,6,8,10H2,1-5H3. The first-order valence-electron chi connectivity index (χ1n) is 8.16. The molecule has 3 heteroatoms. The number of rotatable bonds is 3. The molecular formula is C18H29NOSi. The Morgan fingerprint density at radius 1 is 1.19 bits per heavy atom. The monoisotopic (exact) mass is 303 g/mol. The van der Waals surface area contributed by atoms with E-state index >= 15 is 0 Å². The zero-order valence-corrected chi connectivity index (χ0v) is 15.1. The molecule has 2 nitrogen and oxygen atoms in total. The summed E-state index contributed by atoms with van der Waals surface area (Å²) in [7, 11) is -1.51. The van der Waals surface area contributed by atoms with Crippen LogP contribution in [0, 0.1) is 11.8 Å². The molecule has 0 amide bonds. The fourth-order valence-corrected chi connectivity index (χ4v) is 4.66. The minimum absolute atomic E-state index is 0.406. The zero-order valence-electron chi connectivity index (χ0n) is 14.1. The molecule has 3 unspecified atom stereocenters. The number of para-hydroxylation sites is 1. The van der Waals surface area contributed by atoms with Gasteiger partial charge in [0.05, 0.1) is 14.1 Å². The molecule has 0 spiro atoms. The molecule has 3 atom stereocenters. The highest BCUT2D eigenvalue weighted by molar-refractivity contribution is 6.89. The van der Waals surface area contributed by atoms with Gasteiger partial charge in [-0.15, -0.1) is 0 Å². The second-order valence-corrected chi connectivity index (χ2v) is 12.6. The van der Waals surface area contributed by atoms with Crippen molar-refractivity contribution in [3.8, 4) is 5.75 Å². The zero-order chi connectivity index (χ0) is 15.6. The van der Waals surface area contributed by atoms with E-state index in [-0.39, 0.29) is 0 Å². The van der Waals surface area contributed by atoms with Crippen molar-refractivity contribution in [2.45, 2.75) is 58.8 Å². The first-order valence-corrected chi connectivity index (χ1v) is 11.7. The molecule has 1 aromatic rings. The second kappa shape index (κ2) is 6.35. The Bertz CT molecular complexity index is 518. The largest absolute Gasteiger partial charge is 0.507 e. The van der Waals surface area contributed by atoms with Crippen LogP contribution in [0.5, 0.6) is 5.75 Å². The van der Waals surface area contributed by atoms with Crippen molar-refractivity contribution in [3.05, 3.63) is 23.8 Å². The summed E-state index contributed by atoms with van der Waals surface area (Å²) in [5, 5.41) is 11.6. The highest BCUT2D eigenvalue weighted by atomic mass is 28.3. The third-order valence-electron chi connectivity index (χ3n) is 4.94. The van der Waals surface area contributed by atoms with Gasteiger partial charge in [0.25, 0.3) is 0 Å². The molecule has 21 heavy (non-hydrogen) atoms. The third-order valence-corrected chi connectivity index (χ3v) is 6.96. The van der Waals surface area contributed by atoms with Crippen LogP contribution in [0.2, 0.25) is 19.6 Å². The lowest BCUT2D eigenvalue weighted by molar-refractivity contribution is 0.242. The fraction of sp³-hybridized carbons (Fsp3) is 0.611. The van der Waals surface area contributed by atoms with Crippen LogP contribution < -0.4 is 5.19 Å². The van der Waals surface area contributed by atoms with E-state index in [0.717, 1.165) is 16.7 Å². The van der Waals surface area contributed by atoms with Gasteiger partial charge in [-0.2, -0.15) is 0 Å². The van der Waals surface area contributed by atoms with E-state index in [9.17, 15) is 5.11 Å². The van der Waals surface area contributed by atoms with Gasteiger partial charge in [-0.1, -0.05) is 58.5 Å². The fourth-order valence-electron chi connectivity index (χ4n) is 3.21. The molecule has 1 aromatic carbocycles. The van der Waals surface area contributed by atoms with E-state index in [2.05, 4.69) is 39.6 Å². The number of nitrogens with zero attached hydrogens (tertiary/aromatic N) is 1. The molecule has 0 heterocycles. The second-order valence-electron chi connectivity index (χ2n) is 7.61. The Hall–Kier alpha value is -1.09. The van der Waals surface area contributed by atoms with Crippen LogP contribution in [0.4, 0.5) is 0 Å². The summed E-state index contributed by atoms with van der Waals surface area (Å²) in [6, 6.07) is 6.48. The van der Waals surface area contributed by atoms with Gasteiger partial charge in [-0.05, 0) is 29.5 Å². The van der Waals surface area contributed by atoms with Crippen LogP contribution in [0.15, 0.2) is 23.2 Å². The van der Waals surface area contributed by atoms with E-state index < -0.39 is 8.07 Å². The minimum Gasteiger partial charge on any atom is -0.507 e. The van der Waals surface area contributed by atoms with Crippen LogP contribution in [0.25, 0.3) is 0 Å². The lowest BCUT2D eigenvalue weighted by atomic mass is 9.78. The maximum atomic E-state index is 10.5. The number of phenols is 1. The van der Waals surface area contributed by atoms with Gasteiger partial charge < -0.3 is 5.11 Å². The predicted octanol–water partition coefficient (Wildman–Crippen LogP) is 4.18. The quantitative estimate of drug-likeness (QED) is 0.659. The van der Waals surface area contributed by atoms with Crippen molar-refractivity contribution >= 4 is 19.5 Å². The number of aliphatic imine (C=N–C) groups is 1. The smallest absolute Gasteiger partial charge is 0.123 e. The van der Waals surface area contributed by atoms with Crippen molar-refractivity contribution in [2.75, 3.05) is 0 Å². The van der Waals surface area contributed by atoms with Gasteiger partial charge in [0.1, 0.15) is 5.75 Å². The molecule has 0 aromatic heterocycles. The summed E-state index contributed by atoms with van der Waals surface area (Å²) < 4.78 is 0. The van der Waals surface area contributed by atoms with Gasteiger partial charge in [0, 0.05) is 11.8 Å². The molecule has 1 aliphatic rings. The van der Waals surface area contributed by atoms with Crippen molar-refractivity contribution < 1.29 is 5.11 Å². The normalized spacial score (nSPS) is 27.2. The molecule has 116 valence electrons. The van der Waals surface area contributed by atoms with Crippen LogP contribution in [0.1, 0.15) is 38.7 Å². The molecule has 0 aliphatic heterocycles. The molecule has 1 aliphatic carbocycles. The van der Waals surface area contributed by atoms with Crippen molar-refractivity contribution in [1.29, 1.82) is 0 Å². The lowest BCUT2D eigenvalue weighted by Gasteiger charge is -2.31. The van der Waals surface area contributed by atoms with Crippen molar-refractivity contribution in [2.24, 2.45) is 16.8 Å². The molecule has 0 radical (unpaired) electrons. The summed E-state index contributed by atoms with van der Waals surface area (Å²) in [4.78, 5) is 4.80. The number of phenolic OH excluding ortho intramolecular Hbond substituents is 1. The van der Waals surface area contributed by atoms with Crippen LogP contribution in [0.3, 0.4) is 0 Å². The molecule has 1 N–H and O–H groups in total. The molecule has 2 rings (SSSR count). The minimum atomic E-state index is -1.51. The average molecular weight is 304 g/mol. The van der Waals surface area contributed by atoms with E-state index in [4.69, 9.17) is 4.99 Å². The van der Waals surface area contributed by atoms with E-state index in [1.54, 1.807) is 0 Å². The Morgan fingerprint density at radius 2 is 1.90 bits per heavy atom. The third kappa shape index (κ3) is 3.76. The number of hydrogen-bond donors (Lipinski definition) is 1. The number of hydrogen-bond acceptors (Lipinski definition) is 2. The summed E-state index contributed by atoms with van der Waals surface area (Å²) in [5.74, 6) is 1.83. The van der Waals surface area contributed by atoms with Gasteiger partial charge in [0.2, 0.25) is 0 Å². The predicted molar refractivity (Wildman–Crippen MR) is 94.6 cm³/mol. The van der Waals surface area contributed by atoms with Crippen LogP contribution >= 0.6 is 0 Å². The summed E-state index contributed by atoms with van der Waals surface area (Å²) in [5.41, 5.74) is 0.875. The van der Waals surface area contributed by atoms with Gasteiger partial charge in [-0.3, -0.25) is 4.99 Å². The van der Waals surface area contributed by atoms with E-state index in [0.29, 0.717) is 17.7 Å². The molecule has 1 fully saturated rings. The highest BCUT2D eigenvalue weighted by Gasteiger charge is 2.26. The summed E-state index contributed by atoms with van der Waals surface area (Å²) >= 11 is 0. The van der Waals surface area contributed by atoms with Gasteiger partial charge in [-0.25, -0.2) is 0 Å². The highest BCUT2D eigenvalue weighted by Crippen LogP contribution is 2.31. The Morgan fingerprint density at radius 3 is 2.57 bits per heavy atom. The summed E-state index contributed by atoms with van der Waals surface area (Å²) in [6.07, 6.45) is 5.67. The number of benzene rings is 1. The maximum absolute atomic E-state index is 10.5. The summed E-state index contributed by atoms with van der Waals surface area (Å²) in [6.45, 7) is 11.4. The lowest BCUT2D eigenvalue weighted by Crippen LogP contribution is -2.38. The molecular weight excluding hydrogens is 274 g/mol. The SMILES string of the molecule is CC1CCCC(N=Cc2cccc([Si](C)(C)C)c2O)C1C. The van der Waals surface area contributed by atoms with E-state index in [1.807, 2.05) is 18.3 Å². The Balaban J connectivity index is 2.22. The average Bonchev–Trinajstić information content (AvgIpc) is 2.40. The van der Waals surface area contributed by atoms with Crippen molar-refractivity contribution in [1.82, 2.24) is 0 Å². The molecule has 1 saturated carbocycles. The van der Waals surface area contributed by atoms with Gasteiger partial charge in [0.15, 0.2) is 0 Å². The van der Waals surface area contributed by atoms with Crippen LogP contribution in [-0.4, -0.2) is 25.4 Å². The van der Waals surface area contributed by atoms with E-state index in [1.165, 1.54) is 19.3 Å². The first-order chi connectivity index (χ1) is 9.80. The Labute approximate surface area is 130 Å².